The SMILES string of the molecule is Cc1cc(C)c2c(c1)C(O)CC1(CCNCC1)O2. The molecule has 0 amide bonds. The van der Waals surface area contributed by atoms with Crippen molar-refractivity contribution < 1.29 is 9.84 Å². The number of aliphatic hydroxyl groups excluding tert-OH is 1. The van der Waals surface area contributed by atoms with E-state index >= 15 is 0 Å². The van der Waals surface area contributed by atoms with Crippen molar-refractivity contribution >= 4 is 0 Å². The molecule has 2 aliphatic rings. The Balaban J connectivity index is 2.01. The van der Waals surface area contributed by atoms with Crippen molar-refractivity contribution in [1.29, 1.82) is 0 Å². The molecule has 0 aliphatic carbocycles. The Hall–Kier alpha value is -1.06. The van der Waals surface area contributed by atoms with Gasteiger partial charge >= 0.3 is 0 Å². The molecule has 1 spiro atoms. The van der Waals surface area contributed by atoms with Gasteiger partial charge in [-0.05, 0) is 51.4 Å². The Bertz CT molecular complexity index is 464. The van der Waals surface area contributed by atoms with E-state index < -0.39 is 0 Å². The van der Waals surface area contributed by atoms with E-state index in [0.29, 0.717) is 0 Å². The first kappa shape index (κ1) is 12.0. The molecule has 0 aromatic heterocycles. The van der Waals surface area contributed by atoms with Crippen LogP contribution in [0.3, 0.4) is 0 Å². The Morgan fingerprint density at radius 1 is 1.28 bits per heavy atom. The lowest BCUT2D eigenvalue weighted by Gasteiger charge is -2.44. The fraction of sp³-hybridized carbons (Fsp3) is 0.600. The van der Waals surface area contributed by atoms with E-state index in [0.717, 1.165) is 49.2 Å². The van der Waals surface area contributed by atoms with Gasteiger partial charge in [0.2, 0.25) is 0 Å². The van der Waals surface area contributed by atoms with Gasteiger partial charge in [-0.3, -0.25) is 0 Å². The zero-order valence-corrected chi connectivity index (χ0v) is 11.1. The number of hydrogen-bond donors (Lipinski definition) is 2. The summed E-state index contributed by atoms with van der Waals surface area (Å²) in [5, 5.41) is 13.8. The number of nitrogens with one attached hydrogen (secondary N) is 1. The van der Waals surface area contributed by atoms with Gasteiger partial charge in [0.25, 0.3) is 0 Å². The number of aliphatic hydroxyl groups is 1. The van der Waals surface area contributed by atoms with Crippen LogP contribution in [0.25, 0.3) is 0 Å². The standard InChI is InChI=1S/C15H21NO2/c1-10-7-11(2)14-12(8-10)13(17)9-15(18-14)3-5-16-6-4-15/h7-8,13,16-17H,3-6,9H2,1-2H3. The van der Waals surface area contributed by atoms with Gasteiger partial charge in [-0.15, -0.1) is 0 Å². The summed E-state index contributed by atoms with van der Waals surface area (Å²) in [5.74, 6) is 0.918. The smallest absolute Gasteiger partial charge is 0.128 e. The molecular formula is C15H21NO2. The highest BCUT2D eigenvalue weighted by atomic mass is 16.5. The van der Waals surface area contributed by atoms with Crippen LogP contribution >= 0.6 is 0 Å². The van der Waals surface area contributed by atoms with Crippen molar-refractivity contribution in [2.24, 2.45) is 0 Å². The van der Waals surface area contributed by atoms with Gasteiger partial charge in [0, 0.05) is 12.0 Å². The molecule has 3 rings (SSSR count). The summed E-state index contributed by atoms with van der Waals surface area (Å²) >= 11 is 0. The zero-order valence-electron chi connectivity index (χ0n) is 11.1. The molecule has 3 heteroatoms. The lowest BCUT2D eigenvalue weighted by Crippen LogP contribution is -2.49. The summed E-state index contributed by atoms with van der Waals surface area (Å²) in [4.78, 5) is 0. The molecule has 2 aliphatic heterocycles. The van der Waals surface area contributed by atoms with E-state index in [4.69, 9.17) is 4.74 Å². The van der Waals surface area contributed by atoms with Crippen LogP contribution in [0.4, 0.5) is 0 Å². The summed E-state index contributed by atoms with van der Waals surface area (Å²) in [6.07, 6.45) is 2.31. The monoisotopic (exact) mass is 247 g/mol. The average molecular weight is 247 g/mol. The second kappa shape index (κ2) is 4.25. The molecule has 18 heavy (non-hydrogen) atoms. The first-order valence-corrected chi connectivity index (χ1v) is 6.79. The van der Waals surface area contributed by atoms with E-state index in [-0.39, 0.29) is 11.7 Å². The van der Waals surface area contributed by atoms with Crippen LogP contribution in [0, 0.1) is 13.8 Å². The van der Waals surface area contributed by atoms with Crippen LogP contribution in [0.1, 0.15) is 42.1 Å². The van der Waals surface area contributed by atoms with Crippen LogP contribution in [-0.2, 0) is 0 Å². The summed E-state index contributed by atoms with van der Waals surface area (Å²) < 4.78 is 6.32. The third-order valence-electron chi connectivity index (χ3n) is 4.21. The summed E-state index contributed by atoms with van der Waals surface area (Å²) in [5.41, 5.74) is 3.14. The summed E-state index contributed by atoms with van der Waals surface area (Å²) in [6, 6.07) is 4.19. The highest BCUT2D eigenvalue weighted by Crippen LogP contribution is 2.45. The first-order valence-electron chi connectivity index (χ1n) is 6.79. The minimum atomic E-state index is -0.384. The molecule has 0 radical (unpaired) electrons. The average Bonchev–Trinajstić information content (AvgIpc) is 2.32. The predicted octanol–water partition coefficient (Wildman–Crippen LogP) is 2.24. The van der Waals surface area contributed by atoms with Gasteiger partial charge in [0.1, 0.15) is 11.4 Å². The van der Waals surface area contributed by atoms with Gasteiger partial charge in [0.15, 0.2) is 0 Å². The third kappa shape index (κ3) is 1.91. The number of piperidine rings is 1. The molecule has 1 aromatic carbocycles. The number of fused-ring (bicyclic) bond motifs is 1. The Morgan fingerprint density at radius 2 is 2.00 bits per heavy atom. The van der Waals surface area contributed by atoms with E-state index in [2.05, 4.69) is 31.3 Å². The van der Waals surface area contributed by atoms with Crippen LogP contribution in [-0.4, -0.2) is 23.8 Å². The number of rotatable bonds is 0. The Labute approximate surface area is 108 Å². The van der Waals surface area contributed by atoms with E-state index in [1.165, 1.54) is 5.56 Å². The Morgan fingerprint density at radius 3 is 2.72 bits per heavy atom. The first-order chi connectivity index (χ1) is 8.60. The van der Waals surface area contributed by atoms with Crippen LogP contribution in [0.5, 0.6) is 5.75 Å². The maximum absolute atomic E-state index is 10.4. The third-order valence-corrected chi connectivity index (χ3v) is 4.21. The molecule has 98 valence electrons. The zero-order chi connectivity index (χ0) is 12.8. The molecule has 1 fully saturated rings. The van der Waals surface area contributed by atoms with Gasteiger partial charge in [-0.2, -0.15) is 0 Å². The molecular weight excluding hydrogens is 226 g/mol. The molecule has 0 saturated carbocycles. The van der Waals surface area contributed by atoms with Crippen LogP contribution < -0.4 is 10.1 Å². The van der Waals surface area contributed by atoms with E-state index in [9.17, 15) is 5.11 Å². The van der Waals surface area contributed by atoms with Crippen molar-refractivity contribution in [3.8, 4) is 5.75 Å². The van der Waals surface area contributed by atoms with Crippen molar-refractivity contribution in [3.05, 3.63) is 28.8 Å². The number of aryl methyl sites for hydroxylation is 2. The maximum Gasteiger partial charge on any atom is 0.128 e. The molecule has 1 saturated heterocycles. The molecule has 3 nitrogen and oxygen atoms in total. The second-order valence-corrected chi connectivity index (χ2v) is 5.76. The number of hydrogen-bond acceptors (Lipinski definition) is 3. The number of ether oxygens (including phenoxy) is 1. The maximum atomic E-state index is 10.4. The molecule has 1 atom stereocenters. The molecule has 2 N–H and O–H groups in total. The van der Waals surface area contributed by atoms with Crippen LogP contribution in [0.15, 0.2) is 12.1 Å². The van der Waals surface area contributed by atoms with Gasteiger partial charge in [-0.25, -0.2) is 0 Å². The lowest BCUT2D eigenvalue weighted by molar-refractivity contribution is -0.0342. The van der Waals surface area contributed by atoms with Crippen LogP contribution in [0.2, 0.25) is 0 Å². The Kier molecular flexibility index (Phi) is 2.83. The fourth-order valence-electron chi connectivity index (χ4n) is 3.28. The number of benzene rings is 1. The molecule has 1 unspecified atom stereocenters. The molecule has 0 bridgehead atoms. The van der Waals surface area contributed by atoms with Crippen molar-refractivity contribution in [2.75, 3.05) is 13.1 Å². The summed E-state index contributed by atoms with van der Waals surface area (Å²) in [7, 11) is 0. The highest BCUT2D eigenvalue weighted by molar-refractivity contribution is 5.47. The van der Waals surface area contributed by atoms with Crippen molar-refractivity contribution in [3.63, 3.8) is 0 Å². The van der Waals surface area contributed by atoms with Gasteiger partial charge in [-0.1, -0.05) is 11.6 Å². The second-order valence-electron chi connectivity index (χ2n) is 5.76. The van der Waals surface area contributed by atoms with Gasteiger partial charge < -0.3 is 15.2 Å². The minimum absolute atomic E-state index is 0.155. The predicted molar refractivity (Wildman–Crippen MR) is 71.0 cm³/mol. The quantitative estimate of drug-likeness (QED) is 0.739. The lowest BCUT2D eigenvalue weighted by atomic mass is 9.81. The molecule has 1 aromatic rings. The van der Waals surface area contributed by atoms with Crippen molar-refractivity contribution in [2.45, 2.75) is 44.8 Å². The highest BCUT2D eigenvalue weighted by Gasteiger charge is 2.41. The van der Waals surface area contributed by atoms with E-state index in [1.54, 1.807) is 0 Å². The summed E-state index contributed by atoms with van der Waals surface area (Å²) in [6.45, 7) is 6.09. The molecule has 2 heterocycles. The van der Waals surface area contributed by atoms with Crippen molar-refractivity contribution in [1.82, 2.24) is 5.32 Å². The topological polar surface area (TPSA) is 41.5 Å². The largest absolute Gasteiger partial charge is 0.486 e. The minimum Gasteiger partial charge on any atom is -0.486 e. The fourth-order valence-corrected chi connectivity index (χ4v) is 3.28. The normalized spacial score (nSPS) is 25.6. The van der Waals surface area contributed by atoms with E-state index in [1.807, 2.05) is 0 Å². The van der Waals surface area contributed by atoms with Gasteiger partial charge in [0.05, 0.1) is 6.10 Å².